The molecular formula is C10H18N4O3. The Morgan fingerprint density at radius 3 is 2.82 bits per heavy atom. The highest BCUT2D eigenvalue weighted by Crippen LogP contribution is 2.18. The summed E-state index contributed by atoms with van der Waals surface area (Å²) in [6, 6.07) is -0.923. The van der Waals surface area contributed by atoms with E-state index in [1.807, 2.05) is 0 Å². The Morgan fingerprint density at radius 2 is 2.35 bits per heavy atom. The molecule has 2 aliphatic rings. The predicted octanol–water partition coefficient (Wildman–Crippen LogP) is -3.01. The molecular weight excluding hydrogens is 224 g/mol. The van der Waals surface area contributed by atoms with Crippen LogP contribution in [-0.2, 0) is 9.59 Å². The molecule has 0 aliphatic carbocycles. The summed E-state index contributed by atoms with van der Waals surface area (Å²) in [6.45, 7) is 3.40. The first-order valence-corrected chi connectivity index (χ1v) is 5.72. The molecule has 7 nitrogen and oxygen atoms in total. The first kappa shape index (κ1) is 12.3. The van der Waals surface area contributed by atoms with Crippen LogP contribution in [0, 0.1) is 0 Å². The zero-order valence-electron chi connectivity index (χ0n) is 9.77. The van der Waals surface area contributed by atoms with Gasteiger partial charge in [0.15, 0.2) is 0 Å². The van der Waals surface area contributed by atoms with Crippen molar-refractivity contribution in [2.24, 2.45) is 5.73 Å². The van der Waals surface area contributed by atoms with Crippen LogP contribution in [0.15, 0.2) is 0 Å². The molecule has 2 saturated heterocycles. The van der Waals surface area contributed by atoms with Crippen molar-refractivity contribution in [1.29, 1.82) is 0 Å². The number of piperazine rings is 1. The smallest absolute Gasteiger partial charge is 0.244 e. The van der Waals surface area contributed by atoms with E-state index in [2.05, 4.69) is 10.6 Å². The Morgan fingerprint density at radius 1 is 1.65 bits per heavy atom. The molecule has 2 aliphatic heterocycles. The normalized spacial score (nSPS) is 31.7. The van der Waals surface area contributed by atoms with Crippen LogP contribution in [0.1, 0.15) is 6.92 Å². The first-order valence-electron chi connectivity index (χ1n) is 5.72. The summed E-state index contributed by atoms with van der Waals surface area (Å²) in [5.41, 5.74) is 4.96. The number of carbonyl (C=O) groups is 2. The average molecular weight is 242 g/mol. The number of β-lactam (4-membered cyclic amide) rings is 1. The summed E-state index contributed by atoms with van der Waals surface area (Å²) in [5.74, 6) is -0.388. The maximum atomic E-state index is 12.0. The molecule has 0 aromatic rings. The number of aliphatic hydroxyl groups excluding tert-OH is 1. The number of nitrogens with two attached hydrogens (primary N) is 1. The van der Waals surface area contributed by atoms with Crippen molar-refractivity contribution in [2.75, 3.05) is 26.2 Å². The third kappa shape index (κ3) is 2.01. The zero-order chi connectivity index (χ0) is 12.6. The predicted molar refractivity (Wildman–Crippen MR) is 60.0 cm³/mol. The van der Waals surface area contributed by atoms with Crippen LogP contribution in [-0.4, -0.2) is 65.7 Å². The van der Waals surface area contributed by atoms with Crippen LogP contribution in [0.4, 0.5) is 0 Å². The molecule has 0 radical (unpaired) electrons. The molecule has 2 amide bonds. The van der Waals surface area contributed by atoms with Gasteiger partial charge in [0.25, 0.3) is 0 Å². The topological polar surface area (TPSA) is 108 Å². The molecule has 0 aromatic carbocycles. The van der Waals surface area contributed by atoms with E-state index in [1.165, 1.54) is 6.92 Å². The summed E-state index contributed by atoms with van der Waals surface area (Å²) in [6.07, 6.45) is -0.886. The van der Waals surface area contributed by atoms with Gasteiger partial charge in [0.2, 0.25) is 11.8 Å². The molecule has 5 N–H and O–H groups in total. The molecule has 96 valence electrons. The van der Waals surface area contributed by atoms with Crippen molar-refractivity contribution in [3.63, 3.8) is 0 Å². The number of rotatable bonds is 2. The molecule has 0 bridgehead atoms. The summed E-state index contributed by atoms with van der Waals surface area (Å²) >= 11 is 0. The molecule has 0 saturated carbocycles. The van der Waals surface area contributed by atoms with Crippen LogP contribution in [0.25, 0.3) is 0 Å². The minimum absolute atomic E-state index is 0.0828. The lowest BCUT2D eigenvalue weighted by atomic mass is 9.88. The number of amides is 2. The Labute approximate surface area is 99.3 Å². The summed E-state index contributed by atoms with van der Waals surface area (Å²) in [4.78, 5) is 25.0. The Kier molecular flexibility index (Phi) is 3.07. The standard InChI is InChI=1S/C10H18N4O3/c1-6(15)7(11)8(16)14-3-2-13-10(5-14)4-12-9(10)17/h6-7,13,15H,2-5,11H2,1H3,(H,12,17)/t6-,7+,10?/m1/s1. The quantitative estimate of drug-likeness (QED) is 0.386. The fraction of sp³-hybridized carbons (Fsp3) is 0.800. The van der Waals surface area contributed by atoms with Gasteiger partial charge in [0, 0.05) is 26.2 Å². The summed E-state index contributed by atoms with van der Waals surface area (Å²) in [7, 11) is 0. The van der Waals surface area contributed by atoms with Crippen LogP contribution in [0.5, 0.6) is 0 Å². The molecule has 7 heteroatoms. The Balaban J connectivity index is 2.02. The molecule has 1 unspecified atom stereocenters. The minimum Gasteiger partial charge on any atom is -0.391 e. The lowest BCUT2D eigenvalue weighted by molar-refractivity contribution is -0.144. The minimum atomic E-state index is -0.923. The van der Waals surface area contributed by atoms with E-state index >= 15 is 0 Å². The third-order valence-electron chi connectivity index (χ3n) is 3.41. The zero-order valence-corrected chi connectivity index (χ0v) is 9.77. The summed E-state index contributed by atoms with van der Waals surface area (Å²) in [5, 5.41) is 15.1. The molecule has 1 spiro atoms. The van der Waals surface area contributed by atoms with Gasteiger partial charge in [-0.2, -0.15) is 0 Å². The van der Waals surface area contributed by atoms with Gasteiger partial charge in [-0.25, -0.2) is 0 Å². The molecule has 3 atom stereocenters. The number of nitrogens with one attached hydrogen (secondary N) is 2. The van der Waals surface area contributed by atoms with E-state index in [1.54, 1.807) is 4.90 Å². The second kappa shape index (κ2) is 4.25. The van der Waals surface area contributed by atoms with Crippen LogP contribution in [0.2, 0.25) is 0 Å². The van der Waals surface area contributed by atoms with Crippen molar-refractivity contribution in [1.82, 2.24) is 15.5 Å². The summed E-state index contributed by atoms with van der Waals surface area (Å²) < 4.78 is 0. The van der Waals surface area contributed by atoms with Gasteiger partial charge >= 0.3 is 0 Å². The van der Waals surface area contributed by atoms with Gasteiger partial charge in [0.1, 0.15) is 11.6 Å². The monoisotopic (exact) mass is 242 g/mol. The van der Waals surface area contributed by atoms with Gasteiger partial charge in [-0.1, -0.05) is 0 Å². The van der Waals surface area contributed by atoms with E-state index < -0.39 is 17.7 Å². The fourth-order valence-corrected chi connectivity index (χ4v) is 2.14. The highest BCUT2D eigenvalue weighted by Gasteiger charge is 2.50. The number of carbonyl (C=O) groups excluding carboxylic acids is 2. The van der Waals surface area contributed by atoms with Crippen LogP contribution in [0.3, 0.4) is 0 Å². The third-order valence-corrected chi connectivity index (χ3v) is 3.41. The largest absolute Gasteiger partial charge is 0.391 e. The lowest BCUT2D eigenvalue weighted by Crippen LogP contribution is -2.79. The van der Waals surface area contributed by atoms with E-state index in [0.717, 1.165) is 0 Å². The van der Waals surface area contributed by atoms with Crippen molar-refractivity contribution in [3.8, 4) is 0 Å². The van der Waals surface area contributed by atoms with Crippen molar-refractivity contribution >= 4 is 11.8 Å². The van der Waals surface area contributed by atoms with Gasteiger partial charge in [-0.15, -0.1) is 0 Å². The van der Waals surface area contributed by atoms with Crippen LogP contribution >= 0.6 is 0 Å². The first-order chi connectivity index (χ1) is 7.96. The number of hydrogen-bond acceptors (Lipinski definition) is 5. The lowest BCUT2D eigenvalue weighted by Gasteiger charge is -2.48. The van der Waals surface area contributed by atoms with Crippen LogP contribution < -0.4 is 16.4 Å². The highest BCUT2D eigenvalue weighted by atomic mass is 16.3. The van der Waals surface area contributed by atoms with Crippen molar-refractivity contribution in [2.45, 2.75) is 24.6 Å². The molecule has 2 fully saturated rings. The van der Waals surface area contributed by atoms with E-state index in [0.29, 0.717) is 26.2 Å². The maximum Gasteiger partial charge on any atom is 0.244 e. The van der Waals surface area contributed by atoms with E-state index in [-0.39, 0.29) is 11.8 Å². The Bertz CT molecular complexity index is 346. The van der Waals surface area contributed by atoms with Crippen molar-refractivity contribution < 1.29 is 14.7 Å². The fourth-order valence-electron chi connectivity index (χ4n) is 2.14. The Hall–Kier alpha value is -1.18. The molecule has 2 heterocycles. The van der Waals surface area contributed by atoms with E-state index in [4.69, 9.17) is 5.73 Å². The number of hydrogen-bond donors (Lipinski definition) is 4. The van der Waals surface area contributed by atoms with Crippen molar-refractivity contribution in [3.05, 3.63) is 0 Å². The maximum absolute atomic E-state index is 12.0. The van der Waals surface area contributed by atoms with Gasteiger partial charge in [-0.05, 0) is 6.92 Å². The number of aliphatic hydroxyl groups is 1. The van der Waals surface area contributed by atoms with Gasteiger partial charge in [0.05, 0.1) is 6.10 Å². The molecule has 2 rings (SSSR count). The molecule has 0 aromatic heterocycles. The van der Waals surface area contributed by atoms with E-state index in [9.17, 15) is 14.7 Å². The molecule has 17 heavy (non-hydrogen) atoms. The second-order valence-corrected chi connectivity index (χ2v) is 4.72. The highest BCUT2D eigenvalue weighted by molar-refractivity contribution is 5.94. The SMILES string of the molecule is C[C@@H](O)[C@H](N)C(=O)N1CCNC2(CNC2=O)C1. The van der Waals surface area contributed by atoms with Gasteiger partial charge in [-0.3, -0.25) is 14.9 Å². The number of nitrogens with zero attached hydrogens (tertiary/aromatic N) is 1. The van der Waals surface area contributed by atoms with Gasteiger partial charge < -0.3 is 21.1 Å². The average Bonchev–Trinajstić information content (AvgIpc) is 2.35. The second-order valence-electron chi connectivity index (χ2n) is 4.72.